The van der Waals surface area contributed by atoms with Gasteiger partial charge in [0.1, 0.15) is 29.8 Å². The lowest BCUT2D eigenvalue weighted by Gasteiger charge is -2.09. The van der Waals surface area contributed by atoms with Crippen molar-refractivity contribution in [2.75, 3.05) is 6.61 Å². The molecular formula is C13H12ClN3O. The maximum atomic E-state index is 9.00. The molecule has 0 fully saturated rings. The molecule has 0 amide bonds. The summed E-state index contributed by atoms with van der Waals surface area (Å²) in [7, 11) is 0. The van der Waals surface area contributed by atoms with E-state index < -0.39 is 0 Å². The summed E-state index contributed by atoms with van der Waals surface area (Å²) in [5.41, 5.74) is 0.376. The predicted octanol–water partition coefficient (Wildman–Crippen LogP) is 2.80. The van der Waals surface area contributed by atoms with E-state index in [1.165, 1.54) is 0 Å². The van der Waals surface area contributed by atoms with Crippen molar-refractivity contribution >= 4 is 11.6 Å². The third-order valence-corrected chi connectivity index (χ3v) is 2.92. The molecule has 0 saturated carbocycles. The number of imidazole rings is 1. The number of hydrogen-bond donors (Lipinski definition) is 0. The molecule has 4 nitrogen and oxygen atoms in total. The minimum Gasteiger partial charge on any atom is -0.490 e. The third-order valence-electron chi connectivity index (χ3n) is 2.60. The normalized spacial score (nSPS) is 10.1. The van der Waals surface area contributed by atoms with Crippen LogP contribution in [0.4, 0.5) is 0 Å². The number of aryl methyl sites for hydroxylation is 1. The van der Waals surface area contributed by atoms with Gasteiger partial charge >= 0.3 is 0 Å². The van der Waals surface area contributed by atoms with E-state index >= 15 is 0 Å². The molecule has 0 spiro atoms. The first kappa shape index (κ1) is 12.5. The number of ether oxygens (including phenoxy) is 1. The maximum absolute atomic E-state index is 9.00. The van der Waals surface area contributed by atoms with Gasteiger partial charge in [-0.2, -0.15) is 5.26 Å². The second-order valence-electron chi connectivity index (χ2n) is 3.74. The minimum atomic E-state index is 0.376. The van der Waals surface area contributed by atoms with Crippen LogP contribution in [0.1, 0.15) is 11.4 Å². The van der Waals surface area contributed by atoms with Crippen LogP contribution in [0.2, 0.25) is 5.02 Å². The molecule has 1 aromatic heterocycles. The lowest BCUT2D eigenvalue weighted by molar-refractivity contribution is 0.296. The van der Waals surface area contributed by atoms with E-state index in [9.17, 15) is 0 Å². The molecule has 0 aliphatic heterocycles. The predicted molar refractivity (Wildman–Crippen MR) is 68.6 cm³/mol. The second kappa shape index (κ2) is 5.56. The van der Waals surface area contributed by atoms with Crippen molar-refractivity contribution in [1.29, 1.82) is 5.26 Å². The van der Waals surface area contributed by atoms with E-state index in [1.54, 1.807) is 24.4 Å². The number of rotatable bonds is 4. The molecule has 1 heterocycles. The summed E-state index contributed by atoms with van der Waals surface area (Å²) in [6.45, 7) is 3.08. The lowest BCUT2D eigenvalue weighted by Crippen LogP contribution is -2.09. The standard InChI is InChI=1S/C13H12ClN3O/c1-10-16-5-6-17(10)7-8-18-13-4-2-3-12(14)11(13)9-15/h2-6H,7-8H2,1H3. The number of aromatic nitrogens is 2. The Kier molecular flexibility index (Phi) is 3.85. The van der Waals surface area contributed by atoms with Crippen LogP contribution in [-0.4, -0.2) is 16.2 Å². The third kappa shape index (κ3) is 2.63. The average molecular weight is 262 g/mol. The first-order valence-corrected chi connectivity index (χ1v) is 5.89. The first-order chi connectivity index (χ1) is 8.72. The van der Waals surface area contributed by atoms with Crippen LogP contribution in [0.15, 0.2) is 30.6 Å². The zero-order valence-electron chi connectivity index (χ0n) is 9.93. The van der Waals surface area contributed by atoms with Crippen molar-refractivity contribution in [1.82, 2.24) is 9.55 Å². The molecule has 0 radical (unpaired) electrons. The fraction of sp³-hybridized carbons (Fsp3) is 0.231. The quantitative estimate of drug-likeness (QED) is 0.850. The molecular weight excluding hydrogens is 250 g/mol. The molecule has 5 heteroatoms. The smallest absolute Gasteiger partial charge is 0.138 e. The maximum Gasteiger partial charge on any atom is 0.138 e. The molecule has 2 rings (SSSR count). The van der Waals surface area contributed by atoms with Gasteiger partial charge in [0.25, 0.3) is 0 Å². The molecule has 18 heavy (non-hydrogen) atoms. The van der Waals surface area contributed by atoms with Gasteiger partial charge in [-0.25, -0.2) is 4.98 Å². The largest absolute Gasteiger partial charge is 0.490 e. The summed E-state index contributed by atoms with van der Waals surface area (Å²) in [5, 5.41) is 9.41. The van der Waals surface area contributed by atoms with E-state index in [4.69, 9.17) is 21.6 Å². The summed E-state index contributed by atoms with van der Waals surface area (Å²) in [6.07, 6.45) is 3.64. The number of benzene rings is 1. The van der Waals surface area contributed by atoms with Crippen LogP contribution in [0.25, 0.3) is 0 Å². The van der Waals surface area contributed by atoms with Crippen molar-refractivity contribution in [2.24, 2.45) is 0 Å². The zero-order valence-corrected chi connectivity index (χ0v) is 10.7. The van der Waals surface area contributed by atoms with Gasteiger partial charge in [0.05, 0.1) is 11.6 Å². The first-order valence-electron chi connectivity index (χ1n) is 5.51. The van der Waals surface area contributed by atoms with Gasteiger partial charge in [-0.1, -0.05) is 17.7 Å². The number of nitriles is 1. The van der Waals surface area contributed by atoms with Crippen molar-refractivity contribution < 1.29 is 4.74 Å². The van der Waals surface area contributed by atoms with E-state index in [1.807, 2.05) is 23.8 Å². The van der Waals surface area contributed by atoms with Gasteiger partial charge < -0.3 is 9.30 Å². The Bertz CT molecular complexity index is 586. The Hall–Kier alpha value is -1.99. The van der Waals surface area contributed by atoms with Gasteiger partial charge in [0.2, 0.25) is 0 Å². The van der Waals surface area contributed by atoms with Crippen LogP contribution in [-0.2, 0) is 6.54 Å². The van der Waals surface area contributed by atoms with Crippen LogP contribution < -0.4 is 4.74 Å². The van der Waals surface area contributed by atoms with Crippen molar-refractivity contribution in [3.63, 3.8) is 0 Å². The Morgan fingerprint density at radius 2 is 2.33 bits per heavy atom. The highest BCUT2D eigenvalue weighted by atomic mass is 35.5. The fourth-order valence-electron chi connectivity index (χ4n) is 1.63. The molecule has 0 N–H and O–H groups in total. The lowest BCUT2D eigenvalue weighted by atomic mass is 10.2. The van der Waals surface area contributed by atoms with Crippen LogP contribution in [0, 0.1) is 18.3 Å². The van der Waals surface area contributed by atoms with E-state index in [0.29, 0.717) is 29.5 Å². The van der Waals surface area contributed by atoms with Gasteiger partial charge in [0, 0.05) is 12.4 Å². The zero-order chi connectivity index (χ0) is 13.0. The van der Waals surface area contributed by atoms with E-state index in [-0.39, 0.29) is 0 Å². The molecule has 0 atom stereocenters. The summed E-state index contributed by atoms with van der Waals surface area (Å²) < 4.78 is 7.56. The van der Waals surface area contributed by atoms with Gasteiger partial charge in [-0.15, -0.1) is 0 Å². The van der Waals surface area contributed by atoms with Crippen molar-refractivity contribution in [2.45, 2.75) is 13.5 Å². The molecule has 0 saturated heterocycles. The van der Waals surface area contributed by atoms with Crippen LogP contribution in [0.3, 0.4) is 0 Å². The summed E-state index contributed by atoms with van der Waals surface area (Å²) in [6, 6.07) is 7.22. The van der Waals surface area contributed by atoms with Crippen molar-refractivity contribution in [3.05, 3.63) is 47.0 Å². The van der Waals surface area contributed by atoms with Crippen LogP contribution >= 0.6 is 11.6 Å². The number of halogens is 1. The number of hydrogen-bond acceptors (Lipinski definition) is 3. The fourth-order valence-corrected chi connectivity index (χ4v) is 1.84. The Morgan fingerprint density at radius 1 is 1.50 bits per heavy atom. The minimum absolute atomic E-state index is 0.376. The van der Waals surface area contributed by atoms with Gasteiger partial charge in [0.15, 0.2) is 0 Å². The van der Waals surface area contributed by atoms with Crippen LogP contribution in [0.5, 0.6) is 5.75 Å². The second-order valence-corrected chi connectivity index (χ2v) is 4.15. The summed E-state index contributed by atoms with van der Waals surface area (Å²) in [5.74, 6) is 1.45. The Balaban J connectivity index is 2.01. The molecule has 92 valence electrons. The van der Waals surface area contributed by atoms with Gasteiger partial charge in [-0.3, -0.25) is 0 Å². The highest BCUT2D eigenvalue weighted by Crippen LogP contribution is 2.25. The SMILES string of the molecule is Cc1nccn1CCOc1cccc(Cl)c1C#N. The highest BCUT2D eigenvalue weighted by molar-refractivity contribution is 6.31. The summed E-state index contributed by atoms with van der Waals surface area (Å²) >= 11 is 5.92. The molecule has 0 aliphatic rings. The Labute approximate surface area is 110 Å². The topological polar surface area (TPSA) is 50.8 Å². The molecule has 2 aromatic rings. The van der Waals surface area contributed by atoms with E-state index in [0.717, 1.165) is 5.82 Å². The molecule has 0 unspecified atom stereocenters. The molecule has 1 aromatic carbocycles. The average Bonchev–Trinajstić information content (AvgIpc) is 2.75. The molecule has 0 bridgehead atoms. The van der Waals surface area contributed by atoms with Gasteiger partial charge in [-0.05, 0) is 19.1 Å². The highest BCUT2D eigenvalue weighted by Gasteiger charge is 2.07. The Morgan fingerprint density at radius 3 is 3.00 bits per heavy atom. The monoisotopic (exact) mass is 261 g/mol. The summed E-state index contributed by atoms with van der Waals surface area (Å²) in [4.78, 5) is 4.12. The van der Waals surface area contributed by atoms with Crippen molar-refractivity contribution in [3.8, 4) is 11.8 Å². The van der Waals surface area contributed by atoms with E-state index in [2.05, 4.69) is 4.98 Å². The molecule has 0 aliphatic carbocycles. The number of nitrogens with zero attached hydrogens (tertiary/aromatic N) is 3.